The van der Waals surface area contributed by atoms with Crippen LogP contribution < -0.4 is 15.8 Å². The van der Waals surface area contributed by atoms with Gasteiger partial charge in [-0.3, -0.25) is 4.79 Å². The smallest absolute Gasteiger partial charge is 0.244 e. The number of carbonyl (C=O) groups is 1. The van der Waals surface area contributed by atoms with Crippen LogP contribution >= 0.6 is 23.2 Å². The highest BCUT2D eigenvalue weighted by Crippen LogP contribution is 2.50. The zero-order chi connectivity index (χ0) is 19.2. The normalized spacial score (nSPS) is 29.3. The average Bonchev–Trinajstić information content (AvgIpc) is 2.97. The van der Waals surface area contributed by atoms with Gasteiger partial charge in [0.25, 0.3) is 0 Å². The van der Waals surface area contributed by atoms with Crippen molar-refractivity contribution in [1.29, 1.82) is 0 Å². The minimum absolute atomic E-state index is 0.0119. The van der Waals surface area contributed by atoms with Gasteiger partial charge in [0.15, 0.2) is 0 Å². The number of hydrogen-bond donors (Lipinski definition) is 2. The van der Waals surface area contributed by atoms with Crippen molar-refractivity contribution in [3.05, 3.63) is 75.8 Å². The predicted molar refractivity (Wildman–Crippen MR) is 107 cm³/mol. The summed E-state index contributed by atoms with van der Waals surface area (Å²) >= 11 is 12.7. The van der Waals surface area contributed by atoms with Gasteiger partial charge < -0.3 is 15.8 Å². The van der Waals surface area contributed by atoms with Crippen molar-refractivity contribution in [1.82, 2.24) is 5.32 Å². The first-order chi connectivity index (χ1) is 12.9. The molecule has 0 aromatic heterocycles. The highest BCUT2D eigenvalue weighted by molar-refractivity contribution is 6.31. The number of carbonyl (C=O) groups excluding carboxylic acids is 1. The van der Waals surface area contributed by atoms with Gasteiger partial charge in [-0.05, 0) is 35.4 Å². The van der Waals surface area contributed by atoms with E-state index in [0.29, 0.717) is 22.3 Å². The molecule has 27 heavy (non-hydrogen) atoms. The van der Waals surface area contributed by atoms with E-state index in [1.807, 2.05) is 54.6 Å². The van der Waals surface area contributed by atoms with E-state index in [1.165, 1.54) is 0 Å². The van der Waals surface area contributed by atoms with Crippen LogP contribution in [-0.2, 0) is 4.79 Å². The lowest BCUT2D eigenvalue weighted by Crippen LogP contribution is -2.53. The van der Waals surface area contributed by atoms with Crippen LogP contribution in [-0.4, -0.2) is 25.1 Å². The molecular weight excluding hydrogens is 383 g/mol. The maximum Gasteiger partial charge on any atom is 0.244 e. The number of amides is 1. The Morgan fingerprint density at radius 2 is 1.93 bits per heavy atom. The van der Waals surface area contributed by atoms with E-state index in [1.54, 1.807) is 7.11 Å². The first-order valence-corrected chi connectivity index (χ1v) is 9.55. The van der Waals surface area contributed by atoms with Crippen LogP contribution in [0.25, 0.3) is 0 Å². The molecule has 0 saturated carbocycles. The first kappa shape index (κ1) is 18.4. The quantitative estimate of drug-likeness (QED) is 0.765. The number of methoxy groups -OCH3 is 1. The van der Waals surface area contributed by atoms with Gasteiger partial charge in [-0.1, -0.05) is 53.6 Å². The Hall–Kier alpha value is -2.01. The summed E-state index contributed by atoms with van der Waals surface area (Å²) in [6.45, 7) is 0.525. The third-order valence-corrected chi connectivity index (χ3v) is 6.29. The fourth-order valence-electron chi connectivity index (χ4n) is 4.28. The molecule has 3 N–H and O–H groups in total. The van der Waals surface area contributed by atoms with Crippen molar-refractivity contribution in [2.24, 2.45) is 11.7 Å². The summed E-state index contributed by atoms with van der Waals surface area (Å²) < 4.78 is 5.27. The number of allylic oxidation sites excluding steroid dienone is 1. The molecule has 1 heterocycles. The Morgan fingerprint density at radius 3 is 2.59 bits per heavy atom. The molecular formula is C21H20Cl2N2O2. The second-order valence-electron chi connectivity index (χ2n) is 7.10. The number of fused-ring (bicyclic) bond motifs is 1. The summed E-state index contributed by atoms with van der Waals surface area (Å²) in [5.41, 5.74) is 7.56. The van der Waals surface area contributed by atoms with Gasteiger partial charge in [0.2, 0.25) is 5.91 Å². The molecule has 1 aliphatic heterocycles. The van der Waals surface area contributed by atoms with Crippen LogP contribution in [0.5, 0.6) is 5.75 Å². The predicted octanol–water partition coefficient (Wildman–Crippen LogP) is 3.88. The molecule has 1 amide bonds. The first-order valence-electron chi connectivity index (χ1n) is 8.79. The largest absolute Gasteiger partial charge is 0.497 e. The maximum absolute atomic E-state index is 12.4. The van der Waals surface area contributed by atoms with Gasteiger partial charge >= 0.3 is 0 Å². The number of benzene rings is 2. The Bertz CT molecular complexity index is 913. The molecule has 0 radical (unpaired) electrons. The van der Waals surface area contributed by atoms with Gasteiger partial charge in [0, 0.05) is 34.3 Å². The molecule has 1 aliphatic carbocycles. The van der Waals surface area contributed by atoms with E-state index in [4.69, 9.17) is 33.7 Å². The van der Waals surface area contributed by atoms with Crippen molar-refractivity contribution in [2.75, 3.05) is 13.7 Å². The van der Waals surface area contributed by atoms with Gasteiger partial charge in [0.1, 0.15) is 11.3 Å². The third-order valence-electron chi connectivity index (χ3n) is 5.71. The zero-order valence-electron chi connectivity index (χ0n) is 14.8. The van der Waals surface area contributed by atoms with Gasteiger partial charge in [0.05, 0.1) is 7.11 Å². The molecule has 4 atom stereocenters. The van der Waals surface area contributed by atoms with Crippen molar-refractivity contribution >= 4 is 29.1 Å². The van der Waals surface area contributed by atoms with Crippen molar-refractivity contribution < 1.29 is 9.53 Å². The Labute approximate surface area is 168 Å². The SMILES string of the molecule is COc1ccc([C@@H]2C=C[C@]3(N)C(=O)NC[C@H]3[C@H]2c2ccc(Cl)cc2)c(Cl)c1. The highest BCUT2D eigenvalue weighted by atomic mass is 35.5. The monoisotopic (exact) mass is 402 g/mol. The molecule has 4 nitrogen and oxygen atoms in total. The van der Waals surface area contributed by atoms with Crippen molar-refractivity contribution in [3.8, 4) is 5.75 Å². The van der Waals surface area contributed by atoms with Gasteiger partial charge in [-0.15, -0.1) is 0 Å². The molecule has 2 aromatic carbocycles. The third kappa shape index (κ3) is 3.02. The number of nitrogens with one attached hydrogen (secondary N) is 1. The second-order valence-corrected chi connectivity index (χ2v) is 7.94. The number of nitrogens with two attached hydrogens (primary N) is 1. The van der Waals surface area contributed by atoms with E-state index in [9.17, 15) is 4.79 Å². The molecule has 1 saturated heterocycles. The lowest BCUT2D eigenvalue weighted by Gasteiger charge is -2.40. The Kier molecular flexibility index (Phi) is 4.66. The summed E-state index contributed by atoms with van der Waals surface area (Å²) in [7, 11) is 1.61. The average molecular weight is 403 g/mol. The van der Waals surface area contributed by atoms with Crippen LogP contribution in [0.3, 0.4) is 0 Å². The molecule has 1 fully saturated rings. The topological polar surface area (TPSA) is 64.3 Å². The highest BCUT2D eigenvalue weighted by Gasteiger charge is 2.53. The zero-order valence-corrected chi connectivity index (χ0v) is 16.3. The Balaban J connectivity index is 1.85. The fraction of sp³-hybridized carbons (Fsp3) is 0.286. The van der Waals surface area contributed by atoms with Crippen LogP contribution in [0.15, 0.2) is 54.6 Å². The summed E-state index contributed by atoms with van der Waals surface area (Å²) in [6.07, 6.45) is 3.84. The molecule has 0 bridgehead atoms. The second kappa shape index (κ2) is 6.86. The maximum atomic E-state index is 12.4. The summed E-state index contributed by atoms with van der Waals surface area (Å²) in [5, 5.41) is 4.22. The lowest BCUT2D eigenvalue weighted by atomic mass is 9.64. The molecule has 6 heteroatoms. The van der Waals surface area contributed by atoms with E-state index in [0.717, 1.165) is 11.1 Å². The summed E-state index contributed by atoms with van der Waals surface area (Å²) in [5.74, 6) is 0.458. The molecule has 0 spiro atoms. The molecule has 2 aromatic rings. The van der Waals surface area contributed by atoms with E-state index in [-0.39, 0.29) is 23.7 Å². The van der Waals surface area contributed by atoms with E-state index in [2.05, 4.69) is 5.32 Å². The van der Waals surface area contributed by atoms with Gasteiger partial charge in [-0.25, -0.2) is 0 Å². The van der Waals surface area contributed by atoms with Crippen LogP contribution in [0.4, 0.5) is 0 Å². The Morgan fingerprint density at radius 1 is 1.19 bits per heavy atom. The lowest BCUT2D eigenvalue weighted by molar-refractivity contribution is -0.123. The van der Waals surface area contributed by atoms with E-state index < -0.39 is 5.54 Å². The summed E-state index contributed by atoms with van der Waals surface area (Å²) in [6, 6.07) is 13.4. The standard InChI is InChI=1S/C21H20Cl2N2O2/c1-27-14-6-7-15(18(23)10-14)16-8-9-21(24)17(11-25-20(21)26)19(16)12-2-4-13(22)5-3-12/h2-10,16-17,19H,11,24H2,1H3,(H,25,26)/t16-,17-,19-,21+/m0/s1. The molecule has 0 unspecified atom stereocenters. The molecule has 2 aliphatic rings. The molecule has 140 valence electrons. The van der Waals surface area contributed by atoms with Crippen molar-refractivity contribution in [3.63, 3.8) is 0 Å². The van der Waals surface area contributed by atoms with Crippen LogP contribution in [0, 0.1) is 5.92 Å². The summed E-state index contributed by atoms with van der Waals surface area (Å²) in [4.78, 5) is 12.4. The number of hydrogen-bond acceptors (Lipinski definition) is 3. The minimum atomic E-state index is -1.01. The number of halogens is 2. The number of ether oxygens (including phenoxy) is 1. The number of rotatable bonds is 3. The van der Waals surface area contributed by atoms with Crippen LogP contribution in [0.1, 0.15) is 23.0 Å². The minimum Gasteiger partial charge on any atom is -0.497 e. The van der Waals surface area contributed by atoms with Gasteiger partial charge in [-0.2, -0.15) is 0 Å². The van der Waals surface area contributed by atoms with Crippen molar-refractivity contribution in [2.45, 2.75) is 17.4 Å². The van der Waals surface area contributed by atoms with E-state index >= 15 is 0 Å². The van der Waals surface area contributed by atoms with Crippen LogP contribution in [0.2, 0.25) is 10.0 Å². The molecule has 4 rings (SSSR count). The fourth-order valence-corrected chi connectivity index (χ4v) is 4.70.